The molecular weight excluding hydrogens is 447 g/mol. The highest BCUT2D eigenvalue weighted by Gasteiger charge is 2.37. The van der Waals surface area contributed by atoms with E-state index in [9.17, 15) is 28.1 Å². The van der Waals surface area contributed by atoms with Crippen LogP contribution in [0.15, 0.2) is 23.0 Å². The van der Waals surface area contributed by atoms with Crippen molar-refractivity contribution in [3.63, 3.8) is 0 Å². The number of alkyl halides is 3. The lowest BCUT2D eigenvalue weighted by atomic mass is 10.1. The fourth-order valence-electron chi connectivity index (χ4n) is 3.87. The number of nitro benzene ring substituents is 1. The number of aryl methyl sites for hydroxylation is 2. The normalized spacial score (nSPS) is 15.5. The highest BCUT2D eigenvalue weighted by Crippen LogP contribution is 2.39. The number of H-pyrrole nitrogens is 1. The molecule has 3 heterocycles. The maximum absolute atomic E-state index is 13.5. The van der Waals surface area contributed by atoms with Crippen molar-refractivity contribution in [2.45, 2.75) is 26.6 Å². The minimum atomic E-state index is -4.70. The molecule has 4 rings (SSSR count). The number of hydrogen-bond acceptors (Lipinski definition) is 7. The summed E-state index contributed by atoms with van der Waals surface area (Å²) in [6, 6.07) is 2.83. The number of aromatic amines is 1. The van der Waals surface area contributed by atoms with Crippen LogP contribution in [-0.4, -0.2) is 46.0 Å². The van der Waals surface area contributed by atoms with Gasteiger partial charge in [0.25, 0.3) is 11.2 Å². The van der Waals surface area contributed by atoms with Crippen molar-refractivity contribution in [1.29, 1.82) is 0 Å². The fraction of sp³-hybridized carbons (Fsp3) is 0.400. The summed E-state index contributed by atoms with van der Waals surface area (Å²) in [6.45, 7) is 5.73. The standard InChI is InChI=1S/C20H20F3N5O3S/c1-11-12(2)32-19-17(11)18(29)24-16(25-19)10-26-5-7-27(8-6-26)15-4-3-13(28(30)31)9-14(15)20(21,22)23/h3-4,9H,5-8,10H2,1-2H3,(H,24,25,29). The van der Waals surface area contributed by atoms with Gasteiger partial charge >= 0.3 is 6.18 Å². The molecule has 0 unspecified atom stereocenters. The Labute approximate surface area is 184 Å². The third kappa shape index (κ3) is 4.19. The average Bonchev–Trinajstić information content (AvgIpc) is 3.01. The van der Waals surface area contributed by atoms with Gasteiger partial charge < -0.3 is 9.88 Å². The van der Waals surface area contributed by atoms with Gasteiger partial charge in [-0.1, -0.05) is 0 Å². The number of halogens is 3. The van der Waals surface area contributed by atoms with Gasteiger partial charge in [0.05, 0.1) is 22.4 Å². The van der Waals surface area contributed by atoms with Crippen molar-refractivity contribution < 1.29 is 18.1 Å². The summed E-state index contributed by atoms with van der Waals surface area (Å²) in [5, 5.41) is 11.5. The van der Waals surface area contributed by atoms with E-state index >= 15 is 0 Å². The van der Waals surface area contributed by atoms with Crippen molar-refractivity contribution in [2.75, 3.05) is 31.1 Å². The zero-order chi connectivity index (χ0) is 23.2. The number of nitro groups is 1. The van der Waals surface area contributed by atoms with Crippen LogP contribution >= 0.6 is 11.3 Å². The predicted octanol–water partition coefficient (Wildman–Crippen LogP) is 3.85. The molecule has 0 radical (unpaired) electrons. The molecule has 0 atom stereocenters. The minimum Gasteiger partial charge on any atom is -0.368 e. The zero-order valence-electron chi connectivity index (χ0n) is 17.3. The Morgan fingerprint density at radius 1 is 1.22 bits per heavy atom. The van der Waals surface area contributed by atoms with Crippen LogP contribution in [0.2, 0.25) is 0 Å². The summed E-state index contributed by atoms with van der Waals surface area (Å²) >= 11 is 1.46. The molecule has 3 aromatic rings. The molecule has 0 saturated carbocycles. The second-order valence-corrected chi connectivity index (χ2v) is 8.90. The number of benzene rings is 1. The molecule has 32 heavy (non-hydrogen) atoms. The molecule has 2 aromatic heterocycles. The van der Waals surface area contributed by atoms with Crippen LogP contribution in [0.3, 0.4) is 0 Å². The second kappa shape index (κ2) is 8.17. The van der Waals surface area contributed by atoms with Crippen LogP contribution in [0.1, 0.15) is 21.8 Å². The Balaban J connectivity index is 1.50. The average molecular weight is 467 g/mol. The lowest BCUT2D eigenvalue weighted by molar-refractivity contribution is -0.385. The number of nitrogens with one attached hydrogen (secondary N) is 1. The predicted molar refractivity (Wildman–Crippen MR) is 115 cm³/mol. The van der Waals surface area contributed by atoms with Crippen molar-refractivity contribution in [3.8, 4) is 0 Å². The number of piperazine rings is 1. The molecule has 0 spiro atoms. The van der Waals surface area contributed by atoms with E-state index in [1.807, 2.05) is 18.7 Å². The van der Waals surface area contributed by atoms with Gasteiger partial charge in [-0.25, -0.2) is 4.98 Å². The van der Waals surface area contributed by atoms with Gasteiger partial charge in [-0.2, -0.15) is 13.2 Å². The van der Waals surface area contributed by atoms with Crippen LogP contribution in [0.4, 0.5) is 24.5 Å². The van der Waals surface area contributed by atoms with E-state index in [-0.39, 0.29) is 11.2 Å². The van der Waals surface area contributed by atoms with Crippen LogP contribution in [0.25, 0.3) is 10.2 Å². The summed E-state index contributed by atoms with van der Waals surface area (Å²) in [4.78, 5) is 35.2. The number of hydrogen-bond donors (Lipinski definition) is 1. The molecule has 170 valence electrons. The van der Waals surface area contributed by atoms with E-state index in [0.717, 1.165) is 22.6 Å². The summed E-state index contributed by atoms with van der Waals surface area (Å²) < 4.78 is 40.5. The first-order valence-electron chi connectivity index (χ1n) is 9.86. The highest BCUT2D eigenvalue weighted by molar-refractivity contribution is 7.18. The van der Waals surface area contributed by atoms with E-state index in [4.69, 9.17) is 0 Å². The smallest absolute Gasteiger partial charge is 0.368 e. The molecule has 0 bridgehead atoms. The second-order valence-electron chi connectivity index (χ2n) is 7.70. The Morgan fingerprint density at radius 2 is 1.91 bits per heavy atom. The SMILES string of the molecule is Cc1sc2nc(CN3CCN(c4ccc([N+](=O)[O-])cc4C(F)(F)F)CC3)[nH]c(=O)c2c1C. The van der Waals surface area contributed by atoms with Gasteiger partial charge in [0.2, 0.25) is 0 Å². The highest BCUT2D eigenvalue weighted by atomic mass is 32.1. The van der Waals surface area contributed by atoms with Crippen LogP contribution in [0, 0.1) is 24.0 Å². The number of thiophene rings is 1. The lowest BCUT2D eigenvalue weighted by Gasteiger charge is -2.36. The molecule has 1 saturated heterocycles. The van der Waals surface area contributed by atoms with E-state index < -0.39 is 22.4 Å². The molecule has 12 heteroatoms. The molecule has 0 amide bonds. The number of aromatic nitrogens is 2. The largest absolute Gasteiger partial charge is 0.418 e. The Morgan fingerprint density at radius 3 is 2.53 bits per heavy atom. The molecule has 8 nitrogen and oxygen atoms in total. The molecule has 1 aliphatic heterocycles. The van der Waals surface area contributed by atoms with Gasteiger partial charge in [-0.05, 0) is 25.5 Å². The first-order valence-corrected chi connectivity index (χ1v) is 10.7. The number of fused-ring (bicyclic) bond motifs is 1. The third-order valence-electron chi connectivity index (χ3n) is 5.67. The van der Waals surface area contributed by atoms with E-state index in [0.29, 0.717) is 54.8 Å². The fourth-order valence-corrected chi connectivity index (χ4v) is 4.92. The van der Waals surface area contributed by atoms with Crippen LogP contribution in [0.5, 0.6) is 0 Å². The van der Waals surface area contributed by atoms with Crippen molar-refractivity contribution in [2.24, 2.45) is 0 Å². The molecule has 1 aliphatic rings. The van der Waals surface area contributed by atoms with Crippen LogP contribution in [-0.2, 0) is 12.7 Å². The molecule has 1 fully saturated rings. The quantitative estimate of drug-likeness (QED) is 0.463. The summed E-state index contributed by atoms with van der Waals surface area (Å²) in [5.74, 6) is 0.517. The van der Waals surface area contributed by atoms with Gasteiger partial charge in [0, 0.05) is 48.9 Å². The first kappa shape index (κ1) is 22.2. The first-order chi connectivity index (χ1) is 15.0. The zero-order valence-corrected chi connectivity index (χ0v) is 18.1. The topological polar surface area (TPSA) is 95.4 Å². The van der Waals surface area contributed by atoms with Gasteiger partial charge in [-0.3, -0.25) is 19.8 Å². The summed E-state index contributed by atoms with van der Waals surface area (Å²) in [5.41, 5.74) is -0.946. The number of non-ortho nitro benzene ring substituents is 1. The maximum atomic E-state index is 13.5. The number of nitrogens with zero attached hydrogens (tertiary/aromatic N) is 4. The third-order valence-corrected chi connectivity index (χ3v) is 6.77. The van der Waals surface area contributed by atoms with Crippen LogP contribution < -0.4 is 10.5 Å². The van der Waals surface area contributed by atoms with E-state index in [1.165, 1.54) is 11.3 Å². The van der Waals surface area contributed by atoms with Crippen molar-refractivity contribution >= 4 is 32.9 Å². The van der Waals surface area contributed by atoms with Gasteiger partial charge in [0.15, 0.2) is 0 Å². The number of anilines is 1. The Hall–Kier alpha value is -2.99. The molecule has 1 aromatic carbocycles. The van der Waals surface area contributed by atoms with Crippen molar-refractivity contribution in [1.82, 2.24) is 14.9 Å². The maximum Gasteiger partial charge on any atom is 0.418 e. The van der Waals surface area contributed by atoms with Gasteiger partial charge in [0.1, 0.15) is 10.7 Å². The summed E-state index contributed by atoms with van der Waals surface area (Å²) in [6.07, 6.45) is -4.70. The summed E-state index contributed by atoms with van der Waals surface area (Å²) in [7, 11) is 0. The van der Waals surface area contributed by atoms with Crippen molar-refractivity contribution in [3.05, 3.63) is 60.5 Å². The minimum absolute atomic E-state index is 0.0692. The van der Waals surface area contributed by atoms with E-state index in [1.54, 1.807) is 4.90 Å². The molecular formula is C20H20F3N5O3S. The Kier molecular flexibility index (Phi) is 5.67. The number of rotatable bonds is 4. The molecule has 1 N–H and O–H groups in total. The Bertz CT molecular complexity index is 1250. The molecule has 0 aliphatic carbocycles. The van der Waals surface area contributed by atoms with E-state index in [2.05, 4.69) is 9.97 Å². The van der Waals surface area contributed by atoms with Gasteiger partial charge in [-0.15, -0.1) is 11.3 Å². The lowest BCUT2D eigenvalue weighted by Crippen LogP contribution is -2.46. The monoisotopic (exact) mass is 467 g/mol.